The number of pyridine rings is 1. The molecule has 27 heavy (non-hydrogen) atoms. The fourth-order valence-electron chi connectivity index (χ4n) is 3.12. The number of hydrogen-bond acceptors (Lipinski definition) is 4. The quantitative estimate of drug-likeness (QED) is 0.641. The van der Waals surface area contributed by atoms with Crippen molar-refractivity contribution in [2.45, 2.75) is 37.0 Å². The monoisotopic (exact) mass is 412 g/mol. The van der Waals surface area contributed by atoms with Gasteiger partial charge in [-0.15, -0.1) is 11.8 Å². The lowest BCUT2D eigenvalue weighted by Gasteiger charge is -2.29. The van der Waals surface area contributed by atoms with Gasteiger partial charge in [0.15, 0.2) is 5.82 Å². The highest BCUT2D eigenvalue weighted by Gasteiger charge is 2.28. The van der Waals surface area contributed by atoms with E-state index < -0.39 is 11.9 Å². The second-order valence-electron chi connectivity index (χ2n) is 6.46. The molecule has 0 spiro atoms. The molecule has 0 aliphatic carbocycles. The maximum absolute atomic E-state index is 15.2. The maximum atomic E-state index is 15.2. The summed E-state index contributed by atoms with van der Waals surface area (Å²) in [6, 6.07) is 2.81. The first-order valence-electron chi connectivity index (χ1n) is 8.47. The number of benzene rings is 1. The van der Waals surface area contributed by atoms with Crippen LogP contribution in [0.15, 0.2) is 23.2 Å². The molecule has 1 aliphatic rings. The van der Waals surface area contributed by atoms with Crippen LogP contribution in [-0.2, 0) is 17.7 Å². The summed E-state index contributed by atoms with van der Waals surface area (Å²) in [5.74, 6) is -0.908. The number of rotatable bonds is 3. The summed E-state index contributed by atoms with van der Waals surface area (Å²) >= 11 is 7.44. The van der Waals surface area contributed by atoms with E-state index in [0.29, 0.717) is 34.6 Å². The molecule has 1 aromatic heterocycles. The van der Waals surface area contributed by atoms with Gasteiger partial charge in [-0.3, -0.25) is 4.98 Å². The molecule has 4 nitrogen and oxygen atoms in total. The molecule has 144 valence electrons. The van der Waals surface area contributed by atoms with Gasteiger partial charge in [-0.05, 0) is 29.7 Å². The van der Waals surface area contributed by atoms with Crippen molar-refractivity contribution in [2.75, 3.05) is 13.7 Å². The first-order chi connectivity index (χ1) is 12.8. The van der Waals surface area contributed by atoms with E-state index in [0.717, 1.165) is 0 Å². The third kappa shape index (κ3) is 3.89. The standard InChI is InChI=1S/C19H19ClF2N2O2S/c1-10(2)27-18-14(20)8-23-17(16(18)22)12-4-5-15(21)11-6-7-24(9-13(11)12)19(25)26-3/h4-5,8,10H,6-7,9H2,1-3H3. The summed E-state index contributed by atoms with van der Waals surface area (Å²) in [4.78, 5) is 17.8. The lowest BCUT2D eigenvalue weighted by molar-refractivity contribution is 0.118. The average molecular weight is 413 g/mol. The number of halogens is 3. The Labute approximate surface area is 165 Å². The highest BCUT2D eigenvalue weighted by Crippen LogP contribution is 2.39. The van der Waals surface area contributed by atoms with Crippen LogP contribution in [0.4, 0.5) is 13.6 Å². The van der Waals surface area contributed by atoms with E-state index in [4.69, 9.17) is 16.3 Å². The second kappa shape index (κ2) is 8.02. The van der Waals surface area contributed by atoms with Crippen LogP contribution in [0.2, 0.25) is 5.02 Å². The molecular weight excluding hydrogens is 394 g/mol. The number of carbonyl (C=O) groups is 1. The van der Waals surface area contributed by atoms with Gasteiger partial charge in [0.2, 0.25) is 0 Å². The zero-order chi connectivity index (χ0) is 19.7. The topological polar surface area (TPSA) is 42.4 Å². The number of aromatic nitrogens is 1. The molecule has 0 atom stereocenters. The molecule has 0 N–H and O–H groups in total. The van der Waals surface area contributed by atoms with Gasteiger partial charge in [0.05, 0.1) is 23.6 Å². The largest absolute Gasteiger partial charge is 0.453 e. The third-order valence-corrected chi connectivity index (χ3v) is 5.83. The third-order valence-electron chi connectivity index (χ3n) is 4.33. The van der Waals surface area contributed by atoms with Crippen LogP contribution in [0.1, 0.15) is 25.0 Å². The van der Waals surface area contributed by atoms with Crippen molar-refractivity contribution >= 4 is 29.5 Å². The van der Waals surface area contributed by atoms with Gasteiger partial charge in [-0.25, -0.2) is 13.6 Å². The van der Waals surface area contributed by atoms with E-state index in [1.54, 1.807) is 0 Å². The molecule has 8 heteroatoms. The molecule has 1 aromatic carbocycles. The van der Waals surface area contributed by atoms with Crippen molar-refractivity contribution in [3.63, 3.8) is 0 Å². The number of ether oxygens (including phenoxy) is 1. The number of thioether (sulfide) groups is 1. The van der Waals surface area contributed by atoms with Gasteiger partial charge in [0.1, 0.15) is 11.5 Å². The van der Waals surface area contributed by atoms with Crippen LogP contribution in [0.25, 0.3) is 11.3 Å². The number of carbonyl (C=O) groups excluding carboxylic acids is 1. The first-order valence-corrected chi connectivity index (χ1v) is 9.73. The minimum absolute atomic E-state index is 0.102. The van der Waals surface area contributed by atoms with Gasteiger partial charge >= 0.3 is 6.09 Å². The van der Waals surface area contributed by atoms with Crippen molar-refractivity contribution in [3.05, 3.63) is 46.1 Å². The molecule has 0 saturated heterocycles. The van der Waals surface area contributed by atoms with Crippen LogP contribution in [0, 0.1) is 11.6 Å². The number of amides is 1. The number of fused-ring (bicyclic) bond motifs is 1. The molecule has 0 bridgehead atoms. The summed E-state index contributed by atoms with van der Waals surface area (Å²) in [7, 11) is 1.29. The zero-order valence-corrected chi connectivity index (χ0v) is 16.8. The fraction of sp³-hybridized carbons (Fsp3) is 0.368. The summed E-state index contributed by atoms with van der Waals surface area (Å²) < 4.78 is 34.3. The smallest absolute Gasteiger partial charge is 0.409 e. The molecule has 2 aromatic rings. The Morgan fingerprint density at radius 2 is 2.07 bits per heavy atom. The Hall–Kier alpha value is -1.86. The predicted molar refractivity (Wildman–Crippen MR) is 102 cm³/mol. The van der Waals surface area contributed by atoms with Crippen molar-refractivity contribution in [2.24, 2.45) is 0 Å². The minimum Gasteiger partial charge on any atom is -0.453 e. The van der Waals surface area contributed by atoms with Crippen LogP contribution < -0.4 is 0 Å². The molecule has 0 radical (unpaired) electrons. The lowest BCUT2D eigenvalue weighted by atomic mass is 9.92. The Bertz CT molecular complexity index is 892. The number of hydrogen-bond donors (Lipinski definition) is 0. The van der Waals surface area contributed by atoms with Crippen LogP contribution >= 0.6 is 23.4 Å². The van der Waals surface area contributed by atoms with Gasteiger partial charge in [-0.2, -0.15) is 0 Å². The summed E-state index contributed by atoms with van der Waals surface area (Å²) in [6.45, 7) is 4.35. The normalized spacial score (nSPS) is 13.7. The highest BCUT2D eigenvalue weighted by atomic mass is 35.5. The molecule has 2 heterocycles. The highest BCUT2D eigenvalue weighted by molar-refractivity contribution is 8.00. The fourth-order valence-corrected chi connectivity index (χ4v) is 4.22. The molecule has 0 fully saturated rings. The average Bonchev–Trinajstić information content (AvgIpc) is 2.65. The Morgan fingerprint density at radius 1 is 1.33 bits per heavy atom. The van der Waals surface area contributed by atoms with Gasteiger partial charge in [0, 0.05) is 23.6 Å². The van der Waals surface area contributed by atoms with Crippen LogP contribution in [0.5, 0.6) is 0 Å². The SMILES string of the molecule is COC(=O)N1CCc2c(F)ccc(-c3ncc(Cl)c(SC(C)C)c3F)c2C1. The van der Waals surface area contributed by atoms with Crippen LogP contribution in [0.3, 0.4) is 0 Å². The van der Waals surface area contributed by atoms with E-state index in [9.17, 15) is 9.18 Å². The predicted octanol–water partition coefficient (Wildman–Crippen LogP) is 5.31. The zero-order valence-electron chi connectivity index (χ0n) is 15.2. The summed E-state index contributed by atoms with van der Waals surface area (Å²) in [5, 5.41) is 0.367. The van der Waals surface area contributed by atoms with E-state index in [2.05, 4.69) is 4.98 Å². The van der Waals surface area contributed by atoms with E-state index in [-0.39, 0.29) is 28.3 Å². The van der Waals surface area contributed by atoms with Crippen molar-refractivity contribution < 1.29 is 18.3 Å². The molecule has 3 rings (SSSR count). The lowest BCUT2D eigenvalue weighted by Crippen LogP contribution is -2.36. The molecular formula is C19H19ClF2N2O2S. The first kappa shape index (κ1) is 19.9. The molecule has 1 aliphatic heterocycles. The number of methoxy groups -OCH3 is 1. The second-order valence-corrected chi connectivity index (χ2v) is 8.45. The van der Waals surface area contributed by atoms with E-state index in [1.165, 1.54) is 42.1 Å². The Balaban J connectivity index is 2.13. The van der Waals surface area contributed by atoms with Crippen LogP contribution in [-0.4, -0.2) is 34.9 Å². The molecule has 0 unspecified atom stereocenters. The van der Waals surface area contributed by atoms with Crippen molar-refractivity contribution in [1.82, 2.24) is 9.88 Å². The molecule has 0 saturated carbocycles. The van der Waals surface area contributed by atoms with Gasteiger partial charge in [-0.1, -0.05) is 25.4 Å². The Kier molecular flexibility index (Phi) is 5.91. The van der Waals surface area contributed by atoms with Crippen molar-refractivity contribution in [1.29, 1.82) is 0 Å². The minimum atomic E-state index is -0.537. The maximum Gasteiger partial charge on any atom is 0.409 e. The Morgan fingerprint density at radius 3 is 2.74 bits per heavy atom. The van der Waals surface area contributed by atoms with E-state index in [1.807, 2.05) is 13.8 Å². The summed E-state index contributed by atoms with van der Waals surface area (Å²) in [5.41, 5.74) is 1.58. The summed E-state index contributed by atoms with van der Waals surface area (Å²) in [6.07, 6.45) is 1.23. The number of nitrogens with zero attached hydrogens (tertiary/aromatic N) is 2. The van der Waals surface area contributed by atoms with Crippen molar-refractivity contribution in [3.8, 4) is 11.3 Å². The van der Waals surface area contributed by atoms with E-state index >= 15 is 4.39 Å². The van der Waals surface area contributed by atoms with Gasteiger partial charge < -0.3 is 9.64 Å². The molecule has 1 amide bonds. The van der Waals surface area contributed by atoms with Gasteiger partial charge in [0.25, 0.3) is 0 Å².